The molecule has 1 aliphatic carbocycles. The van der Waals surface area contributed by atoms with E-state index in [2.05, 4.69) is 5.32 Å². The minimum Gasteiger partial charge on any atom is -0.481 e. The predicted octanol–water partition coefficient (Wildman–Crippen LogP) is 0.862. The average Bonchev–Trinajstić information content (AvgIpc) is 2.53. The second kappa shape index (κ2) is 6.91. The monoisotopic (exact) mass is 296 g/mol. The van der Waals surface area contributed by atoms with Crippen molar-refractivity contribution in [3.63, 3.8) is 0 Å². The summed E-state index contributed by atoms with van der Waals surface area (Å²) < 4.78 is 0. The first-order valence-electron chi connectivity index (χ1n) is 7.77. The van der Waals surface area contributed by atoms with Crippen LogP contribution in [0.5, 0.6) is 0 Å². The first-order chi connectivity index (χ1) is 10.0. The number of carboxylic acid groups (broad SMARTS) is 1. The second-order valence-corrected chi connectivity index (χ2v) is 6.07. The van der Waals surface area contributed by atoms with Gasteiger partial charge in [-0.1, -0.05) is 12.8 Å². The molecular weight excluding hydrogens is 272 g/mol. The predicted molar refractivity (Wildman–Crippen MR) is 76.5 cm³/mol. The van der Waals surface area contributed by atoms with Crippen LogP contribution >= 0.6 is 0 Å². The van der Waals surface area contributed by atoms with E-state index in [1.165, 1.54) is 0 Å². The Hall–Kier alpha value is -1.59. The van der Waals surface area contributed by atoms with Gasteiger partial charge in [0, 0.05) is 20.1 Å². The summed E-state index contributed by atoms with van der Waals surface area (Å²) in [5, 5.41) is 11.9. The molecule has 2 N–H and O–H groups in total. The Kier molecular flexibility index (Phi) is 5.20. The number of likely N-dealkylation sites (tertiary alicyclic amines) is 1. The molecule has 6 heteroatoms. The van der Waals surface area contributed by atoms with E-state index >= 15 is 0 Å². The molecule has 0 aromatic carbocycles. The number of aliphatic carboxylic acids is 1. The molecule has 2 aliphatic rings. The molecule has 0 aromatic rings. The molecule has 2 amide bonds. The Morgan fingerprint density at radius 3 is 2.33 bits per heavy atom. The van der Waals surface area contributed by atoms with Gasteiger partial charge in [0.1, 0.15) is 0 Å². The fraction of sp³-hybridized carbons (Fsp3) is 0.800. The molecule has 0 spiro atoms. The number of piperidine rings is 1. The van der Waals surface area contributed by atoms with E-state index < -0.39 is 17.8 Å². The fourth-order valence-electron chi connectivity index (χ4n) is 3.55. The number of amides is 2. The van der Waals surface area contributed by atoms with E-state index in [0.717, 1.165) is 25.7 Å². The number of nitrogens with zero attached hydrogens (tertiary/aromatic N) is 1. The van der Waals surface area contributed by atoms with Crippen molar-refractivity contribution < 1.29 is 19.5 Å². The van der Waals surface area contributed by atoms with Gasteiger partial charge in [-0.2, -0.15) is 0 Å². The van der Waals surface area contributed by atoms with Crippen LogP contribution in [0.4, 0.5) is 0 Å². The summed E-state index contributed by atoms with van der Waals surface area (Å²) in [6.07, 6.45) is 4.61. The van der Waals surface area contributed by atoms with Crippen molar-refractivity contribution in [2.24, 2.45) is 17.8 Å². The molecule has 1 saturated carbocycles. The van der Waals surface area contributed by atoms with Crippen molar-refractivity contribution in [3.8, 4) is 0 Å². The largest absolute Gasteiger partial charge is 0.481 e. The van der Waals surface area contributed by atoms with Gasteiger partial charge in [0.25, 0.3) is 0 Å². The summed E-state index contributed by atoms with van der Waals surface area (Å²) >= 11 is 0. The lowest BCUT2D eigenvalue weighted by molar-refractivity contribution is -0.153. The lowest BCUT2D eigenvalue weighted by Crippen LogP contribution is -2.49. The molecule has 0 aromatic heterocycles. The number of hydrogen-bond acceptors (Lipinski definition) is 3. The normalized spacial score (nSPS) is 29.8. The minimum atomic E-state index is -0.868. The Balaban J connectivity index is 2.04. The van der Waals surface area contributed by atoms with Crippen molar-refractivity contribution in [2.45, 2.75) is 38.5 Å². The van der Waals surface area contributed by atoms with Gasteiger partial charge in [-0.25, -0.2) is 0 Å². The molecule has 1 saturated heterocycles. The van der Waals surface area contributed by atoms with Crippen LogP contribution < -0.4 is 5.32 Å². The number of carbonyl (C=O) groups is 3. The summed E-state index contributed by atoms with van der Waals surface area (Å²) in [4.78, 5) is 37.4. The fourth-order valence-corrected chi connectivity index (χ4v) is 3.55. The number of rotatable bonds is 3. The Morgan fingerprint density at radius 1 is 1.05 bits per heavy atom. The van der Waals surface area contributed by atoms with E-state index in [4.69, 9.17) is 0 Å². The van der Waals surface area contributed by atoms with Crippen LogP contribution in [0.1, 0.15) is 38.5 Å². The van der Waals surface area contributed by atoms with Crippen LogP contribution in [0.25, 0.3) is 0 Å². The van der Waals surface area contributed by atoms with Crippen molar-refractivity contribution in [1.29, 1.82) is 0 Å². The Morgan fingerprint density at radius 2 is 1.71 bits per heavy atom. The highest BCUT2D eigenvalue weighted by Gasteiger charge is 2.39. The van der Waals surface area contributed by atoms with E-state index in [1.54, 1.807) is 11.9 Å². The minimum absolute atomic E-state index is 0.0362. The third-order valence-corrected chi connectivity index (χ3v) is 4.75. The third-order valence-electron chi connectivity index (χ3n) is 4.75. The molecule has 118 valence electrons. The first kappa shape index (κ1) is 15.8. The smallest absolute Gasteiger partial charge is 0.307 e. The van der Waals surface area contributed by atoms with Crippen LogP contribution in [0.3, 0.4) is 0 Å². The van der Waals surface area contributed by atoms with Crippen LogP contribution in [0.2, 0.25) is 0 Å². The SMILES string of the molecule is CNC(=O)C1CCCN(C(=O)[C@@H]2CCCC[C@@H]2C(=O)O)C1. The molecule has 2 fully saturated rings. The van der Waals surface area contributed by atoms with Crippen molar-refractivity contribution in [1.82, 2.24) is 10.2 Å². The zero-order valence-electron chi connectivity index (χ0n) is 12.5. The van der Waals surface area contributed by atoms with Crippen LogP contribution in [0.15, 0.2) is 0 Å². The molecule has 1 aliphatic heterocycles. The number of carboxylic acids is 1. The van der Waals surface area contributed by atoms with Crippen LogP contribution in [-0.4, -0.2) is 47.9 Å². The molecule has 0 radical (unpaired) electrons. The highest BCUT2D eigenvalue weighted by atomic mass is 16.4. The molecule has 1 unspecified atom stereocenters. The maximum atomic E-state index is 12.7. The quantitative estimate of drug-likeness (QED) is 0.809. The van der Waals surface area contributed by atoms with Gasteiger partial charge in [-0.05, 0) is 25.7 Å². The average molecular weight is 296 g/mol. The number of nitrogens with one attached hydrogen (secondary N) is 1. The van der Waals surface area contributed by atoms with E-state index in [0.29, 0.717) is 25.9 Å². The van der Waals surface area contributed by atoms with Crippen molar-refractivity contribution >= 4 is 17.8 Å². The topological polar surface area (TPSA) is 86.7 Å². The molecular formula is C15H24N2O4. The van der Waals surface area contributed by atoms with Gasteiger partial charge >= 0.3 is 5.97 Å². The molecule has 2 rings (SSSR count). The standard InChI is InChI=1S/C15H24N2O4/c1-16-13(18)10-5-4-8-17(9-10)14(19)11-6-2-3-7-12(11)15(20)21/h10-12H,2-9H2,1H3,(H,16,18)(H,20,21)/t10?,11-,12+/m1/s1. The zero-order chi connectivity index (χ0) is 15.4. The molecule has 6 nitrogen and oxygen atoms in total. The third kappa shape index (κ3) is 3.54. The molecule has 21 heavy (non-hydrogen) atoms. The van der Waals surface area contributed by atoms with Crippen molar-refractivity contribution in [3.05, 3.63) is 0 Å². The maximum Gasteiger partial charge on any atom is 0.307 e. The van der Waals surface area contributed by atoms with Crippen LogP contribution in [0, 0.1) is 17.8 Å². The van der Waals surface area contributed by atoms with Crippen LogP contribution in [-0.2, 0) is 14.4 Å². The first-order valence-corrected chi connectivity index (χ1v) is 7.77. The van der Waals surface area contributed by atoms with Gasteiger partial charge < -0.3 is 15.3 Å². The van der Waals surface area contributed by atoms with E-state index in [1.807, 2.05) is 0 Å². The summed E-state index contributed by atoms with van der Waals surface area (Å²) in [5.41, 5.74) is 0. The lowest BCUT2D eigenvalue weighted by Gasteiger charge is -2.37. The highest BCUT2D eigenvalue weighted by Crippen LogP contribution is 2.32. The summed E-state index contributed by atoms with van der Waals surface area (Å²) in [6.45, 7) is 1.05. The molecule has 3 atom stereocenters. The second-order valence-electron chi connectivity index (χ2n) is 6.07. The van der Waals surface area contributed by atoms with Gasteiger partial charge in [-0.15, -0.1) is 0 Å². The zero-order valence-corrected chi connectivity index (χ0v) is 12.5. The van der Waals surface area contributed by atoms with E-state index in [9.17, 15) is 19.5 Å². The Labute approximate surface area is 124 Å². The molecule has 1 heterocycles. The van der Waals surface area contributed by atoms with Gasteiger partial charge in [0.2, 0.25) is 11.8 Å². The highest BCUT2D eigenvalue weighted by molar-refractivity contribution is 5.86. The number of hydrogen-bond donors (Lipinski definition) is 2. The van der Waals surface area contributed by atoms with Gasteiger partial charge in [0.05, 0.1) is 17.8 Å². The van der Waals surface area contributed by atoms with Gasteiger partial charge in [0.15, 0.2) is 0 Å². The summed E-state index contributed by atoms with van der Waals surface area (Å²) in [5.74, 6) is -2.12. The maximum absolute atomic E-state index is 12.7. The van der Waals surface area contributed by atoms with E-state index in [-0.39, 0.29) is 17.7 Å². The van der Waals surface area contributed by atoms with Gasteiger partial charge in [-0.3, -0.25) is 14.4 Å². The molecule has 0 bridgehead atoms. The Bertz CT molecular complexity index is 424. The van der Waals surface area contributed by atoms with Crippen molar-refractivity contribution in [2.75, 3.05) is 20.1 Å². The lowest BCUT2D eigenvalue weighted by atomic mass is 9.78. The summed E-state index contributed by atoms with van der Waals surface area (Å²) in [7, 11) is 1.60. The number of carbonyl (C=O) groups excluding carboxylic acids is 2. The summed E-state index contributed by atoms with van der Waals surface area (Å²) in [6, 6.07) is 0.